The summed E-state index contributed by atoms with van der Waals surface area (Å²) in [5, 5.41) is 24.3. The first-order valence-corrected chi connectivity index (χ1v) is 11.3. The third-order valence-corrected chi connectivity index (χ3v) is 5.47. The van der Waals surface area contributed by atoms with E-state index in [1.165, 1.54) is 12.1 Å². The Morgan fingerprint density at radius 1 is 1.29 bits per heavy atom. The number of halogens is 1. The van der Waals surface area contributed by atoms with E-state index in [-0.39, 0.29) is 38.7 Å². The first-order valence-electron chi connectivity index (χ1n) is 15.8. The summed E-state index contributed by atoms with van der Waals surface area (Å²) in [4.78, 5) is 31.7. The molecule has 2 aliphatic rings. The number of hydrogen-bond acceptors (Lipinski definition) is 8. The van der Waals surface area contributed by atoms with Gasteiger partial charge in [0.15, 0.2) is 5.82 Å². The molecule has 0 saturated carbocycles. The summed E-state index contributed by atoms with van der Waals surface area (Å²) in [6.45, 7) is -2.86. The van der Waals surface area contributed by atoms with Crippen LogP contribution in [-0.2, 0) is 11.3 Å². The van der Waals surface area contributed by atoms with Crippen LogP contribution in [0.25, 0.3) is 16.9 Å². The van der Waals surface area contributed by atoms with Gasteiger partial charge < -0.3 is 14.7 Å². The minimum atomic E-state index is -3.90. The van der Waals surface area contributed by atoms with Crippen molar-refractivity contribution < 1.29 is 36.2 Å². The van der Waals surface area contributed by atoms with Gasteiger partial charge >= 0.3 is 6.09 Å². The van der Waals surface area contributed by atoms with E-state index in [1.807, 2.05) is 6.07 Å². The van der Waals surface area contributed by atoms with Crippen LogP contribution in [0, 0.1) is 17.1 Å². The van der Waals surface area contributed by atoms with E-state index in [9.17, 15) is 20.0 Å². The van der Waals surface area contributed by atoms with Gasteiger partial charge in [0.05, 0.1) is 53.8 Å². The highest BCUT2D eigenvalue weighted by Crippen LogP contribution is 2.34. The number of nitrogens with zero attached hydrogens (tertiary/aromatic N) is 6. The zero-order valence-corrected chi connectivity index (χ0v) is 20.4. The van der Waals surface area contributed by atoms with Crippen molar-refractivity contribution in [2.45, 2.75) is 51.7 Å². The summed E-state index contributed by atoms with van der Waals surface area (Å²) < 4.78 is 95.7. The number of piperidine rings is 1. The molecule has 2 aromatic heterocycles. The van der Waals surface area contributed by atoms with Crippen LogP contribution in [0.15, 0.2) is 36.5 Å². The number of nitriles is 1. The number of anilines is 1. The van der Waals surface area contributed by atoms with E-state index in [1.54, 1.807) is 20.8 Å². The first kappa shape index (κ1) is 16.5. The summed E-state index contributed by atoms with van der Waals surface area (Å²) in [6, 6.07) is 7.69. The fourth-order valence-corrected chi connectivity index (χ4v) is 3.90. The second kappa shape index (κ2) is 9.54. The van der Waals surface area contributed by atoms with Crippen LogP contribution in [0.3, 0.4) is 0 Å². The average molecular weight is 528 g/mol. The molecular formula is C27H27FN6O4. The molecule has 0 spiro atoms. The molecule has 0 atom stereocenters. The molecule has 0 radical (unpaired) electrons. The van der Waals surface area contributed by atoms with Gasteiger partial charge in [0.2, 0.25) is 0 Å². The highest BCUT2D eigenvalue weighted by molar-refractivity contribution is 6.08. The summed E-state index contributed by atoms with van der Waals surface area (Å²) in [6.07, 6.45) is -11.3. The van der Waals surface area contributed by atoms with Gasteiger partial charge in [-0.05, 0) is 51.7 Å². The number of pyridine rings is 1. The smallest absolute Gasteiger partial charge is 0.417 e. The van der Waals surface area contributed by atoms with Gasteiger partial charge in [-0.2, -0.15) is 10.4 Å². The average Bonchev–Trinajstić information content (AvgIpc) is 3.55. The Labute approximate surface area is 231 Å². The van der Waals surface area contributed by atoms with E-state index in [0.717, 1.165) is 34.0 Å². The SMILES string of the molecule is [2H]C1([2H])N(c2ccn(-c3cc(-c4c(F)cccc4C#N)nc4c3C(=O)N(C(=O)OC(C)(C)C)C4)n2)C([2H])([2H])C([2H])([2H])C([2H])(O)C1([2H])[2H]. The quantitative estimate of drug-likeness (QED) is 0.545. The lowest BCUT2D eigenvalue weighted by atomic mass is 10.0. The maximum Gasteiger partial charge on any atom is 0.417 e. The number of amides is 2. The minimum absolute atomic E-state index is 0.0152. The number of rotatable bonds is 3. The Bertz CT molecular complexity index is 1840. The van der Waals surface area contributed by atoms with Crippen molar-refractivity contribution in [3.05, 3.63) is 59.2 Å². The van der Waals surface area contributed by atoms with Crippen LogP contribution in [0.4, 0.5) is 15.0 Å². The van der Waals surface area contributed by atoms with Crippen LogP contribution in [0.1, 0.15) is 67.5 Å². The lowest BCUT2D eigenvalue weighted by Gasteiger charge is -2.29. The third-order valence-electron chi connectivity index (χ3n) is 5.47. The summed E-state index contributed by atoms with van der Waals surface area (Å²) in [7, 11) is 0. The van der Waals surface area contributed by atoms with Gasteiger partial charge in [0.1, 0.15) is 11.4 Å². The molecule has 0 unspecified atom stereocenters. The zero-order chi connectivity index (χ0) is 35.3. The fourth-order valence-electron chi connectivity index (χ4n) is 3.90. The second-order valence-corrected chi connectivity index (χ2v) is 9.27. The first-order chi connectivity index (χ1) is 21.4. The van der Waals surface area contributed by atoms with Crippen LogP contribution < -0.4 is 4.90 Å². The van der Waals surface area contributed by atoms with Crippen molar-refractivity contribution >= 4 is 17.8 Å². The summed E-state index contributed by atoms with van der Waals surface area (Å²) in [5.74, 6) is -2.47. The Morgan fingerprint density at radius 3 is 2.71 bits per heavy atom. The standard InChI is InChI=1S/C27H27FN6O4/c1-27(2,3)38-26(37)33-15-20-24(25(33)36)21(13-19(30-20)23-16(14-29)5-4-6-18(23)28)34-12-9-22(31-34)32-10-7-17(35)8-11-32/h4-6,9,12-13,17,35H,7-8,10-11,15H2,1-3H3/i7D2,8D2,10D2,11D2,17D. The van der Waals surface area contributed by atoms with Crippen LogP contribution in [0.5, 0.6) is 0 Å². The Balaban J connectivity index is 1.72. The zero-order valence-electron chi connectivity index (χ0n) is 29.4. The van der Waals surface area contributed by atoms with Gasteiger partial charge in [0, 0.05) is 36.2 Å². The van der Waals surface area contributed by atoms with Gasteiger partial charge in [-0.15, -0.1) is 0 Å². The molecule has 2 amide bonds. The number of benzene rings is 1. The van der Waals surface area contributed by atoms with Crippen molar-refractivity contribution in [2.24, 2.45) is 0 Å². The summed E-state index contributed by atoms with van der Waals surface area (Å²) >= 11 is 0. The van der Waals surface area contributed by atoms with Gasteiger partial charge in [-0.25, -0.2) is 23.8 Å². The third kappa shape index (κ3) is 4.70. The maximum absolute atomic E-state index is 15.1. The number of carbonyl (C=O) groups is 2. The van der Waals surface area contributed by atoms with Crippen molar-refractivity contribution in [3.63, 3.8) is 0 Å². The molecule has 4 heterocycles. The lowest BCUT2D eigenvalue weighted by molar-refractivity contribution is 0.0247. The number of aromatic nitrogens is 3. The Hall–Kier alpha value is -4.30. The molecule has 1 saturated heterocycles. The number of fused-ring (bicyclic) bond motifs is 1. The monoisotopic (exact) mass is 527 g/mol. The molecule has 1 aromatic carbocycles. The van der Waals surface area contributed by atoms with Gasteiger partial charge in [-0.1, -0.05) is 6.07 Å². The predicted octanol–water partition coefficient (Wildman–Crippen LogP) is 3.80. The molecule has 38 heavy (non-hydrogen) atoms. The highest BCUT2D eigenvalue weighted by atomic mass is 19.1. The van der Waals surface area contributed by atoms with E-state index < -0.39 is 67.6 Å². The Morgan fingerprint density at radius 2 is 2.03 bits per heavy atom. The van der Waals surface area contributed by atoms with E-state index >= 15 is 4.39 Å². The molecule has 10 nitrogen and oxygen atoms in total. The van der Waals surface area contributed by atoms with E-state index in [2.05, 4.69) is 10.1 Å². The van der Waals surface area contributed by atoms with E-state index in [0.29, 0.717) is 0 Å². The number of hydrogen-bond donors (Lipinski definition) is 1. The second-order valence-electron chi connectivity index (χ2n) is 9.27. The van der Waals surface area contributed by atoms with Crippen LogP contribution in [-0.4, -0.2) is 61.4 Å². The molecule has 1 N–H and O–H groups in total. The predicted molar refractivity (Wildman–Crippen MR) is 135 cm³/mol. The number of imide groups is 1. The molecule has 2 aliphatic heterocycles. The van der Waals surface area contributed by atoms with Crippen LogP contribution in [0.2, 0.25) is 0 Å². The van der Waals surface area contributed by atoms with Crippen LogP contribution >= 0.6 is 0 Å². The topological polar surface area (TPSA) is 125 Å². The lowest BCUT2D eigenvalue weighted by Crippen LogP contribution is -2.37. The Kier molecular flexibility index (Phi) is 4.15. The van der Waals surface area contributed by atoms with Gasteiger partial charge in [0.25, 0.3) is 5.91 Å². The number of aliphatic hydroxyl groups is 1. The van der Waals surface area contributed by atoms with Crippen molar-refractivity contribution in [2.75, 3.05) is 17.9 Å². The maximum atomic E-state index is 15.1. The molecule has 3 aromatic rings. The number of carbonyl (C=O) groups excluding carboxylic acids is 2. The summed E-state index contributed by atoms with van der Waals surface area (Å²) in [5.41, 5.74) is -2.03. The molecule has 0 aliphatic carbocycles. The fraction of sp³-hybridized carbons (Fsp3) is 0.370. The minimum Gasteiger partial charge on any atom is -0.443 e. The highest BCUT2D eigenvalue weighted by Gasteiger charge is 2.39. The number of ether oxygens (including phenoxy) is 1. The van der Waals surface area contributed by atoms with Crippen molar-refractivity contribution in [1.29, 1.82) is 5.26 Å². The largest absolute Gasteiger partial charge is 0.443 e. The molecule has 0 bridgehead atoms. The van der Waals surface area contributed by atoms with Crippen molar-refractivity contribution in [1.82, 2.24) is 19.7 Å². The van der Waals surface area contributed by atoms with Crippen molar-refractivity contribution in [3.8, 4) is 23.0 Å². The molecular weight excluding hydrogens is 491 g/mol. The molecule has 196 valence electrons. The van der Waals surface area contributed by atoms with E-state index in [4.69, 9.17) is 17.1 Å². The molecule has 1 fully saturated rings. The van der Waals surface area contributed by atoms with Gasteiger partial charge in [-0.3, -0.25) is 4.79 Å². The normalized spacial score (nSPS) is 25.6. The molecule has 5 rings (SSSR count). The molecule has 11 heteroatoms.